The summed E-state index contributed by atoms with van der Waals surface area (Å²) >= 11 is 3.98. The lowest BCUT2D eigenvalue weighted by Gasteiger charge is -2.03. The Balaban J connectivity index is 2.72. The second kappa shape index (κ2) is 4.04. The average molecular weight is 320 g/mol. The molecular weight excluding hydrogens is 311 g/mol. The number of aliphatic hydroxyl groups excluding tert-OH is 1. The Kier molecular flexibility index (Phi) is 2.94. The summed E-state index contributed by atoms with van der Waals surface area (Å²) in [6, 6.07) is 5.98. The summed E-state index contributed by atoms with van der Waals surface area (Å²) in [5.41, 5.74) is 0.937. The standard InChI is InChI=1S/C10H9IO2S/c1-13-8-2-6-4-9(11)14-10(6)7(3-8)5-12/h2-4,12H,5H2,1H3. The van der Waals surface area contributed by atoms with Gasteiger partial charge in [0.2, 0.25) is 0 Å². The number of rotatable bonds is 2. The smallest absolute Gasteiger partial charge is 0.119 e. The Morgan fingerprint density at radius 1 is 1.43 bits per heavy atom. The number of halogens is 1. The summed E-state index contributed by atoms with van der Waals surface area (Å²) in [7, 11) is 1.64. The highest BCUT2D eigenvalue weighted by Gasteiger charge is 2.07. The number of hydrogen-bond acceptors (Lipinski definition) is 3. The molecule has 1 N–H and O–H groups in total. The molecule has 0 atom stereocenters. The summed E-state index contributed by atoms with van der Waals surface area (Å²) in [6.07, 6.45) is 0. The summed E-state index contributed by atoms with van der Waals surface area (Å²) in [4.78, 5) is 0. The van der Waals surface area contributed by atoms with Crippen LogP contribution >= 0.6 is 33.9 Å². The van der Waals surface area contributed by atoms with Crippen LogP contribution in [0.2, 0.25) is 0 Å². The van der Waals surface area contributed by atoms with Crippen molar-refractivity contribution in [3.63, 3.8) is 0 Å². The van der Waals surface area contributed by atoms with E-state index in [2.05, 4.69) is 28.7 Å². The maximum absolute atomic E-state index is 9.21. The fourth-order valence-corrected chi connectivity index (χ4v) is 3.27. The van der Waals surface area contributed by atoms with Gasteiger partial charge in [0.1, 0.15) is 5.75 Å². The molecular formula is C10H9IO2S. The highest BCUT2D eigenvalue weighted by Crippen LogP contribution is 2.33. The van der Waals surface area contributed by atoms with Crippen LogP contribution in [0.15, 0.2) is 18.2 Å². The first-order valence-electron chi connectivity index (χ1n) is 4.11. The summed E-state index contributed by atoms with van der Waals surface area (Å²) in [5, 5.41) is 10.4. The summed E-state index contributed by atoms with van der Waals surface area (Å²) in [5.74, 6) is 0.802. The minimum Gasteiger partial charge on any atom is -0.497 e. The molecule has 0 aliphatic heterocycles. The Morgan fingerprint density at radius 3 is 2.86 bits per heavy atom. The highest BCUT2D eigenvalue weighted by atomic mass is 127. The minimum absolute atomic E-state index is 0.0598. The number of aliphatic hydroxyl groups is 1. The van der Waals surface area contributed by atoms with E-state index in [1.54, 1.807) is 18.4 Å². The van der Waals surface area contributed by atoms with Gasteiger partial charge >= 0.3 is 0 Å². The lowest BCUT2D eigenvalue weighted by Crippen LogP contribution is -1.87. The Hall–Kier alpha value is -0.330. The van der Waals surface area contributed by atoms with Crippen molar-refractivity contribution in [1.82, 2.24) is 0 Å². The largest absolute Gasteiger partial charge is 0.497 e. The molecule has 0 bridgehead atoms. The Labute approximate surface area is 99.7 Å². The van der Waals surface area contributed by atoms with Gasteiger partial charge in [0.25, 0.3) is 0 Å². The molecule has 0 aliphatic rings. The molecule has 0 saturated carbocycles. The van der Waals surface area contributed by atoms with E-state index >= 15 is 0 Å². The average Bonchev–Trinajstić information content (AvgIpc) is 2.56. The fraction of sp³-hybridized carbons (Fsp3) is 0.200. The summed E-state index contributed by atoms with van der Waals surface area (Å²) < 4.78 is 7.54. The van der Waals surface area contributed by atoms with Crippen LogP contribution in [0.4, 0.5) is 0 Å². The molecule has 0 saturated heterocycles. The van der Waals surface area contributed by atoms with Crippen LogP contribution in [0.25, 0.3) is 10.1 Å². The van der Waals surface area contributed by atoms with E-state index in [0.29, 0.717) is 0 Å². The lowest BCUT2D eigenvalue weighted by atomic mass is 10.1. The first kappa shape index (κ1) is 10.2. The van der Waals surface area contributed by atoms with Gasteiger partial charge in [-0.05, 0) is 51.7 Å². The van der Waals surface area contributed by atoms with Crippen LogP contribution in [0.5, 0.6) is 5.75 Å². The van der Waals surface area contributed by atoms with Gasteiger partial charge in [-0.25, -0.2) is 0 Å². The van der Waals surface area contributed by atoms with Gasteiger partial charge in [0.15, 0.2) is 0 Å². The van der Waals surface area contributed by atoms with E-state index in [4.69, 9.17) is 4.74 Å². The molecule has 2 rings (SSSR count). The van der Waals surface area contributed by atoms with Gasteiger partial charge in [0.05, 0.1) is 16.6 Å². The second-order valence-corrected chi connectivity index (χ2v) is 5.86. The first-order valence-corrected chi connectivity index (χ1v) is 6.01. The molecule has 1 aromatic carbocycles. The second-order valence-electron chi connectivity index (χ2n) is 2.91. The van der Waals surface area contributed by atoms with Gasteiger partial charge in [-0.1, -0.05) is 0 Å². The van der Waals surface area contributed by atoms with Gasteiger partial charge in [-0.3, -0.25) is 0 Å². The number of hydrogen-bond donors (Lipinski definition) is 1. The first-order chi connectivity index (χ1) is 6.74. The van der Waals surface area contributed by atoms with Crippen LogP contribution in [0.1, 0.15) is 5.56 Å². The molecule has 0 amide bonds. The third-order valence-corrected chi connectivity index (χ3v) is 4.03. The molecule has 1 heterocycles. The molecule has 0 spiro atoms. The van der Waals surface area contributed by atoms with E-state index in [-0.39, 0.29) is 6.61 Å². The number of methoxy groups -OCH3 is 1. The summed E-state index contributed by atoms with van der Waals surface area (Å²) in [6.45, 7) is 0.0598. The maximum Gasteiger partial charge on any atom is 0.119 e. The molecule has 0 unspecified atom stereocenters. The van der Waals surface area contributed by atoms with E-state index < -0.39 is 0 Å². The number of fused-ring (bicyclic) bond motifs is 1. The highest BCUT2D eigenvalue weighted by molar-refractivity contribution is 14.1. The molecule has 1 aromatic heterocycles. The molecule has 4 heteroatoms. The van der Waals surface area contributed by atoms with Crippen LogP contribution in [0, 0.1) is 2.88 Å². The van der Waals surface area contributed by atoms with Crippen molar-refractivity contribution in [3.05, 3.63) is 26.6 Å². The lowest BCUT2D eigenvalue weighted by molar-refractivity contribution is 0.283. The zero-order chi connectivity index (χ0) is 10.1. The molecule has 2 nitrogen and oxygen atoms in total. The van der Waals surface area contributed by atoms with Crippen molar-refractivity contribution in [2.45, 2.75) is 6.61 Å². The number of benzene rings is 1. The SMILES string of the molecule is COc1cc(CO)c2sc(I)cc2c1. The third kappa shape index (κ3) is 1.74. The quantitative estimate of drug-likeness (QED) is 0.862. The van der Waals surface area contributed by atoms with Crippen LogP contribution in [-0.2, 0) is 6.61 Å². The molecule has 0 fully saturated rings. The molecule has 2 aromatic rings. The molecule has 74 valence electrons. The van der Waals surface area contributed by atoms with Gasteiger partial charge in [-0.2, -0.15) is 0 Å². The van der Waals surface area contributed by atoms with Crippen LogP contribution in [-0.4, -0.2) is 12.2 Å². The van der Waals surface area contributed by atoms with Crippen molar-refractivity contribution in [2.24, 2.45) is 0 Å². The number of thiophene rings is 1. The number of ether oxygens (including phenoxy) is 1. The predicted molar refractivity (Wildman–Crippen MR) is 67.0 cm³/mol. The van der Waals surface area contributed by atoms with Crippen molar-refractivity contribution in [2.75, 3.05) is 7.11 Å². The third-order valence-electron chi connectivity index (χ3n) is 2.04. The van der Waals surface area contributed by atoms with Crippen molar-refractivity contribution >= 4 is 44.0 Å². The minimum atomic E-state index is 0.0598. The fourth-order valence-electron chi connectivity index (χ4n) is 1.40. The van der Waals surface area contributed by atoms with E-state index in [9.17, 15) is 5.11 Å². The molecule has 0 aliphatic carbocycles. The topological polar surface area (TPSA) is 29.5 Å². The van der Waals surface area contributed by atoms with Gasteiger partial charge in [-0.15, -0.1) is 11.3 Å². The van der Waals surface area contributed by atoms with Gasteiger partial charge in [0, 0.05) is 4.70 Å². The van der Waals surface area contributed by atoms with Crippen LogP contribution in [0.3, 0.4) is 0 Å². The van der Waals surface area contributed by atoms with Crippen molar-refractivity contribution in [3.8, 4) is 5.75 Å². The van der Waals surface area contributed by atoms with Crippen LogP contribution < -0.4 is 4.74 Å². The maximum atomic E-state index is 9.21. The monoisotopic (exact) mass is 320 g/mol. The predicted octanol–water partition coefficient (Wildman–Crippen LogP) is 3.01. The normalized spacial score (nSPS) is 10.8. The zero-order valence-electron chi connectivity index (χ0n) is 7.58. The van der Waals surface area contributed by atoms with E-state index in [1.807, 2.05) is 12.1 Å². The van der Waals surface area contributed by atoms with E-state index in [1.165, 1.54) is 2.88 Å². The Bertz CT molecular complexity index is 464. The van der Waals surface area contributed by atoms with Crippen molar-refractivity contribution < 1.29 is 9.84 Å². The zero-order valence-corrected chi connectivity index (χ0v) is 10.6. The van der Waals surface area contributed by atoms with Crippen molar-refractivity contribution in [1.29, 1.82) is 0 Å². The van der Waals surface area contributed by atoms with Gasteiger partial charge < -0.3 is 9.84 Å². The van der Waals surface area contributed by atoms with E-state index in [0.717, 1.165) is 21.4 Å². The molecule has 14 heavy (non-hydrogen) atoms. The Morgan fingerprint density at radius 2 is 2.21 bits per heavy atom. The molecule has 0 radical (unpaired) electrons.